The number of carbonyl (C=O) groups excluding carboxylic acids is 1. The summed E-state index contributed by atoms with van der Waals surface area (Å²) in [5.74, 6) is 0. The van der Waals surface area contributed by atoms with Gasteiger partial charge in [0.25, 0.3) is 0 Å². The zero-order chi connectivity index (χ0) is 13.3. The van der Waals surface area contributed by atoms with Crippen molar-refractivity contribution >= 4 is 6.09 Å². The van der Waals surface area contributed by atoms with E-state index in [1.165, 1.54) is 12.8 Å². The van der Waals surface area contributed by atoms with E-state index in [1.807, 2.05) is 25.7 Å². The van der Waals surface area contributed by atoms with Crippen molar-refractivity contribution in [2.45, 2.75) is 72.3 Å². The van der Waals surface area contributed by atoms with E-state index in [1.54, 1.807) is 0 Å². The molecular weight excluding hydrogens is 214 g/mol. The van der Waals surface area contributed by atoms with Crippen LogP contribution in [0.5, 0.6) is 0 Å². The molecule has 0 saturated heterocycles. The SMILES string of the molecule is CCCCCN(CCCC)C(=O)OC(C)(C)C. The first-order valence-electron chi connectivity index (χ1n) is 6.88. The summed E-state index contributed by atoms with van der Waals surface area (Å²) < 4.78 is 5.41. The minimum atomic E-state index is -0.397. The standard InChI is InChI=1S/C14H29NO2/c1-6-8-10-12-15(11-9-7-2)13(16)17-14(3,4)5/h6-12H2,1-5H3. The van der Waals surface area contributed by atoms with Crippen molar-refractivity contribution in [1.82, 2.24) is 4.90 Å². The molecule has 1 amide bonds. The van der Waals surface area contributed by atoms with Gasteiger partial charge in [-0.15, -0.1) is 0 Å². The molecule has 0 heterocycles. The summed E-state index contributed by atoms with van der Waals surface area (Å²) in [5.41, 5.74) is -0.397. The van der Waals surface area contributed by atoms with Crippen molar-refractivity contribution in [3.63, 3.8) is 0 Å². The molecule has 3 heteroatoms. The minimum Gasteiger partial charge on any atom is -0.444 e. The Hall–Kier alpha value is -0.730. The average Bonchev–Trinajstić information content (AvgIpc) is 2.20. The average molecular weight is 243 g/mol. The van der Waals surface area contributed by atoms with Crippen LogP contribution in [0.25, 0.3) is 0 Å². The third kappa shape index (κ3) is 9.02. The highest BCUT2D eigenvalue weighted by Gasteiger charge is 2.21. The molecule has 0 fully saturated rings. The fourth-order valence-electron chi connectivity index (χ4n) is 1.52. The molecule has 0 atom stereocenters. The van der Waals surface area contributed by atoms with Gasteiger partial charge in [-0.25, -0.2) is 4.79 Å². The Bertz CT molecular complexity index is 209. The smallest absolute Gasteiger partial charge is 0.410 e. The maximum Gasteiger partial charge on any atom is 0.410 e. The van der Waals surface area contributed by atoms with E-state index < -0.39 is 5.60 Å². The molecule has 0 rings (SSSR count). The number of rotatable bonds is 7. The molecule has 0 N–H and O–H groups in total. The van der Waals surface area contributed by atoms with Gasteiger partial charge in [0.15, 0.2) is 0 Å². The van der Waals surface area contributed by atoms with Crippen molar-refractivity contribution in [3.05, 3.63) is 0 Å². The number of unbranched alkanes of at least 4 members (excludes halogenated alkanes) is 3. The zero-order valence-corrected chi connectivity index (χ0v) is 12.2. The van der Waals surface area contributed by atoms with Gasteiger partial charge < -0.3 is 9.64 Å². The van der Waals surface area contributed by atoms with Gasteiger partial charge in [0, 0.05) is 13.1 Å². The van der Waals surface area contributed by atoms with Crippen LogP contribution in [-0.2, 0) is 4.74 Å². The summed E-state index contributed by atoms with van der Waals surface area (Å²) in [4.78, 5) is 13.8. The molecule has 0 aromatic heterocycles. The highest BCUT2D eigenvalue weighted by Crippen LogP contribution is 2.11. The van der Waals surface area contributed by atoms with Crippen LogP contribution >= 0.6 is 0 Å². The second-order valence-electron chi connectivity index (χ2n) is 5.53. The van der Waals surface area contributed by atoms with E-state index in [4.69, 9.17) is 4.74 Å². The molecule has 17 heavy (non-hydrogen) atoms. The molecule has 0 bridgehead atoms. The number of nitrogens with zero attached hydrogens (tertiary/aromatic N) is 1. The summed E-state index contributed by atoms with van der Waals surface area (Å²) in [5, 5.41) is 0. The van der Waals surface area contributed by atoms with Gasteiger partial charge in [-0.05, 0) is 33.6 Å². The molecule has 0 spiro atoms. The number of amides is 1. The number of carbonyl (C=O) groups is 1. The van der Waals surface area contributed by atoms with Gasteiger partial charge in [-0.3, -0.25) is 0 Å². The van der Waals surface area contributed by atoms with Crippen molar-refractivity contribution in [3.8, 4) is 0 Å². The Morgan fingerprint density at radius 3 is 2.00 bits per heavy atom. The lowest BCUT2D eigenvalue weighted by atomic mass is 10.2. The molecule has 0 unspecified atom stereocenters. The minimum absolute atomic E-state index is 0.165. The van der Waals surface area contributed by atoms with Crippen LogP contribution in [0.4, 0.5) is 4.79 Å². The predicted octanol–water partition coefficient (Wildman–Crippen LogP) is 4.21. The van der Waals surface area contributed by atoms with Gasteiger partial charge >= 0.3 is 6.09 Å². The molecule has 102 valence electrons. The summed E-state index contributed by atoms with van der Waals surface area (Å²) >= 11 is 0. The van der Waals surface area contributed by atoms with Crippen LogP contribution in [0, 0.1) is 0 Å². The summed E-state index contributed by atoms with van der Waals surface area (Å²) in [6, 6.07) is 0. The fraction of sp³-hybridized carbons (Fsp3) is 0.929. The molecule has 0 radical (unpaired) electrons. The van der Waals surface area contributed by atoms with Crippen LogP contribution in [0.3, 0.4) is 0 Å². The number of ether oxygens (including phenoxy) is 1. The normalized spacial score (nSPS) is 11.4. The first kappa shape index (κ1) is 16.3. The number of hydrogen-bond donors (Lipinski definition) is 0. The monoisotopic (exact) mass is 243 g/mol. The largest absolute Gasteiger partial charge is 0.444 e. The van der Waals surface area contributed by atoms with E-state index in [9.17, 15) is 4.79 Å². The van der Waals surface area contributed by atoms with Crippen LogP contribution in [0.1, 0.15) is 66.7 Å². The van der Waals surface area contributed by atoms with E-state index in [0.29, 0.717) is 0 Å². The van der Waals surface area contributed by atoms with Crippen molar-refractivity contribution < 1.29 is 9.53 Å². The Morgan fingerprint density at radius 2 is 1.53 bits per heavy atom. The quantitative estimate of drug-likeness (QED) is 0.627. The predicted molar refractivity (Wildman–Crippen MR) is 72.2 cm³/mol. The Labute approximate surface area is 107 Å². The van der Waals surface area contributed by atoms with Crippen LogP contribution in [-0.4, -0.2) is 29.7 Å². The third-order valence-corrected chi connectivity index (χ3v) is 2.46. The van der Waals surface area contributed by atoms with Crippen LogP contribution in [0.15, 0.2) is 0 Å². The fourth-order valence-corrected chi connectivity index (χ4v) is 1.52. The van der Waals surface area contributed by atoms with Gasteiger partial charge in [0.2, 0.25) is 0 Å². The van der Waals surface area contributed by atoms with Crippen molar-refractivity contribution in [1.29, 1.82) is 0 Å². The van der Waals surface area contributed by atoms with E-state index in [0.717, 1.165) is 32.4 Å². The second kappa shape index (κ2) is 8.37. The molecular formula is C14H29NO2. The van der Waals surface area contributed by atoms with Gasteiger partial charge in [-0.2, -0.15) is 0 Å². The lowest BCUT2D eigenvalue weighted by Gasteiger charge is -2.27. The van der Waals surface area contributed by atoms with Gasteiger partial charge in [-0.1, -0.05) is 33.1 Å². The van der Waals surface area contributed by atoms with Crippen molar-refractivity contribution in [2.75, 3.05) is 13.1 Å². The maximum atomic E-state index is 12.0. The van der Waals surface area contributed by atoms with Crippen LogP contribution < -0.4 is 0 Å². The molecule has 0 aliphatic rings. The summed E-state index contributed by atoms with van der Waals surface area (Å²) in [7, 11) is 0. The highest BCUT2D eigenvalue weighted by atomic mass is 16.6. The molecule has 0 saturated carbocycles. The van der Waals surface area contributed by atoms with E-state index in [2.05, 4.69) is 13.8 Å². The first-order valence-corrected chi connectivity index (χ1v) is 6.88. The molecule has 0 aromatic rings. The first-order chi connectivity index (χ1) is 7.90. The molecule has 0 aliphatic carbocycles. The van der Waals surface area contributed by atoms with Gasteiger partial charge in [0.05, 0.1) is 0 Å². The highest BCUT2D eigenvalue weighted by molar-refractivity contribution is 5.68. The van der Waals surface area contributed by atoms with E-state index >= 15 is 0 Å². The number of hydrogen-bond acceptors (Lipinski definition) is 2. The second-order valence-corrected chi connectivity index (χ2v) is 5.53. The maximum absolute atomic E-state index is 12.0. The Morgan fingerprint density at radius 1 is 1.00 bits per heavy atom. The van der Waals surface area contributed by atoms with E-state index in [-0.39, 0.29) is 6.09 Å². The molecule has 3 nitrogen and oxygen atoms in total. The third-order valence-electron chi connectivity index (χ3n) is 2.46. The van der Waals surface area contributed by atoms with Crippen molar-refractivity contribution in [2.24, 2.45) is 0 Å². The summed E-state index contributed by atoms with van der Waals surface area (Å²) in [6.07, 6.45) is 5.40. The van der Waals surface area contributed by atoms with Crippen LogP contribution in [0.2, 0.25) is 0 Å². The van der Waals surface area contributed by atoms with Gasteiger partial charge in [0.1, 0.15) is 5.60 Å². The Kier molecular flexibility index (Phi) is 8.01. The molecule has 0 aliphatic heterocycles. The molecule has 0 aromatic carbocycles. The Balaban J connectivity index is 4.19. The topological polar surface area (TPSA) is 29.5 Å². The zero-order valence-electron chi connectivity index (χ0n) is 12.2. The summed E-state index contributed by atoms with van der Waals surface area (Å²) in [6.45, 7) is 11.7. The lowest BCUT2D eigenvalue weighted by Crippen LogP contribution is -2.38. The lowest BCUT2D eigenvalue weighted by molar-refractivity contribution is 0.0244.